The molecule has 0 saturated carbocycles. The highest BCUT2D eigenvalue weighted by Gasteiger charge is 2.27. The number of nitrogens with one attached hydrogen (secondary N) is 1. The SMILES string of the molecule is CCOC(=O)N1Cc2cc(OC)c(C(=O)Nc3cccc(-c4nncn4[C@H](C)CO)n3)cc2C1. The monoisotopic (exact) mass is 466 g/mol. The number of rotatable bonds is 7. The van der Waals surface area contributed by atoms with Crippen molar-refractivity contribution >= 4 is 17.8 Å². The lowest BCUT2D eigenvalue weighted by Crippen LogP contribution is -2.25. The van der Waals surface area contributed by atoms with Crippen LogP contribution in [0.25, 0.3) is 11.5 Å². The third-order valence-corrected chi connectivity index (χ3v) is 5.55. The second-order valence-electron chi connectivity index (χ2n) is 7.83. The van der Waals surface area contributed by atoms with E-state index >= 15 is 0 Å². The van der Waals surface area contributed by atoms with Gasteiger partial charge in [-0.1, -0.05) is 6.07 Å². The van der Waals surface area contributed by atoms with Gasteiger partial charge in [-0.15, -0.1) is 10.2 Å². The maximum absolute atomic E-state index is 13.1. The number of pyridine rings is 1. The van der Waals surface area contributed by atoms with Crippen LogP contribution in [-0.2, 0) is 17.8 Å². The Balaban J connectivity index is 1.57. The molecule has 0 bridgehead atoms. The molecule has 0 fully saturated rings. The molecule has 0 aliphatic carbocycles. The van der Waals surface area contributed by atoms with E-state index in [1.807, 2.05) is 6.92 Å². The molecule has 0 unspecified atom stereocenters. The average Bonchev–Trinajstić information content (AvgIpc) is 3.50. The van der Waals surface area contributed by atoms with E-state index in [-0.39, 0.29) is 12.6 Å². The number of carbonyl (C=O) groups is 2. The van der Waals surface area contributed by atoms with Gasteiger partial charge in [-0.3, -0.25) is 9.69 Å². The van der Waals surface area contributed by atoms with Gasteiger partial charge >= 0.3 is 6.09 Å². The molecule has 1 aliphatic heterocycles. The fourth-order valence-electron chi connectivity index (χ4n) is 3.77. The highest BCUT2D eigenvalue weighted by Crippen LogP contribution is 2.31. The molecule has 178 valence electrons. The number of ether oxygens (including phenoxy) is 2. The molecule has 1 aliphatic rings. The third kappa shape index (κ3) is 4.55. The average molecular weight is 466 g/mol. The van der Waals surface area contributed by atoms with Crippen LogP contribution in [0, 0.1) is 0 Å². The summed E-state index contributed by atoms with van der Waals surface area (Å²) < 4.78 is 12.2. The molecule has 1 aromatic carbocycles. The van der Waals surface area contributed by atoms with Crippen molar-refractivity contribution in [1.29, 1.82) is 0 Å². The van der Waals surface area contributed by atoms with Gasteiger partial charge in [0, 0.05) is 13.1 Å². The molecule has 11 heteroatoms. The lowest BCUT2D eigenvalue weighted by molar-refractivity contribution is 0.102. The minimum atomic E-state index is -0.399. The highest BCUT2D eigenvalue weighted by molar-refractivity contribution is 6.06. The number of anilines is 1. The number of carbonyl (C=O) groups excluding carboxylic acids is 2. The fraction of sp³-hybridized carbons (Fsp3) is 0.348. The molecule has 2 N–H and O–H groups in total. The van der Waals surface area contributed by atoms with Gasteiger partial charge in [0.1, 0.15) is 23.6 Å². The van der Waals surface area contributed by atoms with E-state index in [1.165, 1.54) is 13.4 Å². The number of fused-ring (bicyclic) bond motifs is 1. The van der Waals surface area contributed by atoms with Crippen molar-refractivity contribution in [2.24, 2.45) is 0 Å². The van der Waals surface area contributed by atoms with Crippen molar-refractivity contribution in [3.8, 4) is 17.3 Å². The van der Waals surface area contributed by atoms with Crippen molar-refractivity contribution in [3.63, 3.8) is 0 Å². The number of hydrogen-bond acceptors (Lipinski definition) is 8. The smallest absolute Gasteiger partial charge is 0.410 e. The summed E-state index contributed by atoms with van der Waals surface area (Å²) in [5.41, 5.74) is 2.59. The molecule has 0 radical (unpaired) electrons. The molecule has 0 spiro atoms. The van der Waals surface area contributed by atoms with Crippen LogP contribution in [0.1, 0.15) is 41.4 Å². The van der Waals surface area contributed by atoms with Crippen molar-refractivity contribution in [2.75, 3.05) is 25.6 Å². The minimum Gasteiger partial charge on any atom is -0.496 e. The first-order valence-electron chi connectivity index (χ1n) is 10.9. The lowest BCUT2D eigenvalue weighted by Gasteiger charge is -2.13. The first kappa shape index (κ1) is 23.2. The standard InChI is InChI=1S/C23H26N6O5/c1-4-34-23(32)28-10-15-8-17(19(33-3)9-16(15)11-28)22(31)26-20-7-5-6-18(25-20)21-27-24-13-29(21)14(2)12-30/h5-9,13-14,30H,4,10-12H2,1-3H3,(H,25,26,31)/t14-/m1/s1. The molecule has 3 heterocycles. The zero-order chi connectivity index (χ0) is 24.2. The van der Waals surface area contributed by atoms with Gasteiger partial charge in [-0.05, 0) is 49.2 Å². The van der Waals surface area contributed by atoms with Crippen LogP contribution in [0.4, 0.5) is 10.6 Å². The molecule has 2 aromatic heterocycles. The molecule has 34 heavy (non-hydrogen) atoms. The zero-order valence-corrected chi connectivity index (χ0v) is 19.2. The molecule has 2 amide bonds. The van der Waals surface area contributed by atoms with Crippen LogP contribution in [-0.4, -0.2) is 62.1 Å². The predicted octanol–water partition coefficient (Wildman–Crippen LogP) is 2.63. The lowest BCUT2D eigenvalue weighted by atomic mass is 10.0. The van der Waals surface area contributed by atoms with E-state index in [0.29, 0.717) is 48.3 Å². The van der Waals surface area contributed by atoms with Crippen molar-refractivity contribution in [3.05, 3.63) is 53.3 Å². The van der Waals surface area contributed by atoms with Crippen molar-refractivity contribution < 1.29 is 24.2 Å². The Morgan fingerprint density at radius 1 is 1.24 bits per heavy atom. The van der Waals surface area contributed by atoms with Crippen molar-refractivity contribution in [1.82, 2.24) is 24.6 Å². The number of methoxy groups -OCH3 is 1. The van der Waals surface area contributed by atoms with Crippen LogP contribution in [0.15, 0.2) is 36.7 Å². The van der Waals surface area contributed by atoms with Gasteiger partial charge in [0.2, 0.25) is 0 Å². The molecule has 11 nitrogen and oxygen atoms in total. The van der Waals surface area contributed by atoms with E-state index in [4.69, 9.17) is 9.47 Å². The zero-order valence-electron chi connectivity index (χ0n) is 19.2. The Bertz CT molecular complexity index is 1210. The summed E-state index contributed by atoms with van der Waals surface area (Å²) in [5, 5.41) is 20.3. The summed E-state index contributed by atoms with van der Waals surface area (Å²) in [6.07, 6.45) is 1.13. The number of amides is 2. The number of aromatic nitrogens is 4. The highest BCUT2D eigenvalue weighted by atomic mass is 16.6. The number of nitrogens with zero attached hydrogens (tertiary/aromatic N) is 5. The maximum Gasteiger partial charge on any atom is 0.410 e. The van der Waals surface area contributed by atoms with Gasteiger partial charge in [0.15, 0.2) is 5.82 Å². The van der Waals surface area contributed by atoms with Crippen molar-refractivity contribution in [2.45, 2.75) is 33.0 Å². The van der Waals surface area contributed by atoms with E-state index < -0.39 is 12.0 Å². The van der Waals surface area contributed by atoms with Gasteiger partial charge in [-0.25, -0.2) is 9.78 Å². The second-order valence-corrected chi connectivity index (χ2v) is 7.83. The van der Waals surface area contributed by atoms with Gasteiger partial charge in [0.25, 0.3) is 5.91 Å². The molecule has 1 atom stereocenters. The summed E-state index contributed by atoms with van der Waals surface area (Å²) in [5.74, 6) is 0.801. The Kier molecular flexibility index (Phi) is 6.73. The molecule has 4 rings (SSSR count). The summed E-state index contributed by atoms with van der Waals surface area (Å²) in [6, 6.07) is 8.44. The van der Waals surface area contributed by atoms with E-state index in [9.17, 15) is 14.7 Å². The predicted molar refractivity (Wildman–Crippen MR) is 122 cm³/mol. The van der Waals surface area contributed by atoms with E-state index in [1.54, 1.807) is 46.7 Å². The van der Waals surface area contributed by atoms with E-state index in [0.717, 1.165) is 11.1 Å². The Morgan fingerprint density at radius 3 is 2.71 bits per heavy atom. The van der Waals surface area contributed by atoms with Crippen LogP contribution >= 0.6 is 0 Å². The quantitative estimate of drug-likeness (QED) is 0.543. The molecule has 3 aromatic rings. The summed E-state index contributed by atoms with van der Waals surface area (Å²) in [6.45, 7) is 4.55. The van der Waals surface area contributed by atoms with Gasteiger partial charge in [0.05, 0.1) is 31.9 Å². The molecular weight excluding hydrogens is 440 g/mol. The summed E-state index contributed by atoms with van der Waals surface area (Å²) in [7, 11) is 1.49. The summed E-state index contributed by atoms with van der Waals surface area (Å²) in [4.78, 5) is 31.3. The number of aliphatic hydroxyl groups is 1. The Morgan fingerprint density at radius 2 is 2.00 bits per heavy atom. The van der Waals surface area contributed by atoms with Crippen LogP contribution in [0.3, 0.4) is 0 Å². The first-order valence-corrected chi connectivity index (χ1v) is 10.9. The van der Waals surface area contributed by atoms with Crippen LogP contribution in [0.5, 0.6) is 5.75 Å². The topological polar surface area (TPSA) is 132 Å². The third-order valence-electron chi connectivity index (χ3n) is 5.55. The van der Waals surface area contributed by atoms with Gasteiger partial charge in [-0.2, -0.15) is 0 Å². The molecular formula is C23H26N6O5. The number of aliphatic hydroxyl groups excluding tert-OH is 1. The van der Waals surface area contributed by atoms with Gasteiger partial charge < -0.3 is 24.5 Å². The Hall–Kier alpha value is -3.99. The molecule has 0 saturated heterocycles. The first-order chi connectivity index (χ1) is 16.4. The largest absolute Gasteiger partial charge is 0.496 e. The number of benzene rings is 1. The Labute approximate surface area is 196 Å². The summed E-state index contributed by atoms with van der Waals surface area (Å²) >= 11 is 0. The second kappa shape index (κ2) is 9.87. The number of hydrogen-bond donors (Lipinski definition) is 2. The fourth-order valence-corrected chi connectivity index (χ4v) is 3.77. The minimum absolute atomic E-state index is 0.0762. The normalized spacial score (nSPS) is 13.4. The maximum atomic E-state index is 13.1. The van der Waals surface area contributed by atoms with E-state index in [2.05, 4.69) is 20.5 Å². The van der Waals surface area contributed by atoms with Crippen LogP contribution < -0.4 is 10.1 Å². The van der Waals surface area contributed by atoms with Crippen LogP contribution in [0.2, 0.25) is 0 Å².